The van der Waals surface area contributed by atoms with Crippen LogP contribution in [0.1, 0.15) is 60.0 Å². The zero-order chi connectivity index (χ0) is 29.3. The van der Waals surface area contributed by atoms with Crippen LogP contribution >= 0.6 is 0 Å². The molecule has 2 atom stereocenters. The second kappa shape index (κ2) is 14.3. The maximum Gasteiger partial charge on any atom is 0.328 e. The van der Waals surface area contributed by atoms with Crippen molar-refractivity contribution in [1.29, 1.82) is 0 Å². The fourth-order valence-electron chi connectivity index (χ4n) is 5.81. The Bertz CT molecular complexity index is 1350. The second-order valence-corrected chi connectivity index (χ2v) is 11.3. The molecule has 42 heavy (non-hydrogen) atoms. The van der Waals surface area contributed by atoms with Gasteiger partial charge in [0.15, 0.2) is 11.6 Å². The van der Waals surface area contributed by atoms with Crippen molar-refractivity contribution in [3.05, 3.63) is 95.6 Å². The fourth-order valence-corrected chi connectivity index (χ4v) is 5.81. The molecule has 5 rings (SSSR count). The van der Waals surface area contributed by atoms with E-state index in [2.05, 4.69) is 10.6 Å². The van der Waals surface area contributed by atoms with Crippen molar-refractivity contribution in [2.24, 2.45) is 11.8 Å². The third-order valence-corrected chi connectivity index (χ3v) is 8.28. The van der Waals surface area contributed by atoms with Crippen LogP contribution in [0.15, 0.2) is 78.9 Å². The van der Waals surface area contributed by atoms with Gasteiger partial charge in [-0.3, -0.25) is 9.59 Å². The standard InChI is InChI=1S/C35H40N2O5/c1-41-35(40)31(37-30-14-8-7-13-29(30)33(38)26-9-3-2-4-10-26)23-24-15-19-28(20-16-24)42-22-21-36-32(25-17-18-25)34(39)27-11-5-6-12-27/h2-4,7-10,13-16,19-20,25,27,31-32,36-37H,5-6,11-12,17-18,21-23H2,1H3. The first-order valence-electron chi connectivity index (χ1n) is 15.1. The molecule has 0 radical (unpaired) electrons. The number of anilines is 1. The van der Waals surface area contributed by atoms with Crippen molar-refractivity contribution in [1.82, 2.24) is 5.32 Å². The summed E-state index contributed by atoms with van der Waals surface area (Å²) < 4.78 is 11.0. The monoisotopic (exact) mass is 568 g/mol. The molecule has 2 saturated carbocycles. The molecule has 0 saturated heterocycles. The van der Waals surface area contributed by atoms with Crippen LogP contribution < -0.4 is 15.4 Å². The highest BCUT2D eigenvalue weighted by molar-refractivity contribution is 6.12. The summed E-state index contributed by atoms with van der Waals surface area (Å²) in [4.78, 5) is 38.9. The SMILES string of the molecule is COC(=O)C(Cc1ccc(OCCNC(C(=O)C2CCCC2)C2CC2)cc1)Nc1ccccc1C(=O)c1ccccc1. The molecule has 7 nitrogen and oxygen atoms in total. The van der Waals surface area contributed by atoms with Crippen molar-refractivity contribution in [3.63, 3.8) is 0 Å². The average molecular weight is 569 g/mol. The number of rotatable bonds is 15. The Morgan fingerprint density at radius 3 is 2.24 bits per heavy atom. The summed E-state index contributed by atoms with van der Waals surface area (Å²) in [5, 5.41) is 6.72. The van der Waals surface area contributed by atoms with Gasteiger partial charge in [0.05, 0.1) is 13.2 Å². The van der Waals surface area contributed by atoms with Gasteiger partial charge in [0.2, 0.25) is 0 Å². The first-order valence-corrected chi connectivity index (χ1v) is 15.1. The molecule has 3 aromatic carbocycles. The van der Waals surface area contributed by atoms with E-state index in [9.17, 15) is 14.4 Å². The van der Waals surface area contributed by atoms with Gasteiger partial charge in [-0.2, -0.15) is 0 Å². The fraction of sp³-hybridized carbons (Fsp3) is 0.400. The Morgan fingerprint density at radius 1 is 0.857 bits per heavy atom. The minimum Gasteiger partial charge on any atom is -0.492 e. The van der Waals surface area contributed by atoms with Gasteiger partial charge in [0.1, 0.15) is 18.4 Å². The topological polar surface area (TPSA) is 93.7 Å². The molecule has 2 aliphatic carbocycles. The van der Waals surface area contributed by atoms with Gasteiger partial charge in [-0.15, -0.1) is 0 Å². The minimum atomic E-state index is -0.688. The molecule has 7 heteroatoms. The molecule has 2 N–H and O–H groups in total. The third kappa shape index (κ3) is 7.65. The predicted octanol–water partition coefficient (Wildman–Crippen LogP) is 5.62. The van der Waals surface area contributed by atoms with E-state index < -0.39 is 12.0 Å². The number of para-hydroxylation sites is 1. The number of esters is 1. The molecule has 0 aliphatic heterocycles. The molecule has 0 bridgehead atoms. The Balaban J connectivity index is 1.16. The molecular weight excluding hydrogens is 528 g/mol. The minimum absolute atomic E-state index is 0.0325. The van der Waals surface area contributed by atoms with Crippen LogP contribution in [0.25, 0.3) is 0 Å². The van der Waals surface area contributed by atoms with Crippen LogP contribution in [-0.4, -0.2) is 49.9 Å². The van der Waals surface area contributed by atoms with Crippen LogP contribution in [0.2, 0.25) is 0 Å². The lowest BCUT2D eigenvalue weighted by atomic mass is 9.94. The Hall–Kier alpha value is -3.97. The van der Waals surface area contributed by atoms with E-state index in [0.29, 0.717) is 48.1 Å². The van der Waals surface area contributed by atoms with E-state index in [4.69, 9.17) is 9.47 Å². The summed E-state index contributed by atoms with van der Waals surface area (Å²) in [5.41, 5.74) is 2.57. The Kier molecular flexibility index (Phi) is 10.0. The van der Waals surface area contributed by atoms with Crippen LogP contribution in [-0.2, 0) is 20.7 Å². The Morgan fingerprint density at radius 2 is 1.55 bits per heavy atom. The summed E-state index contributed by atoms with van der Waals surface area (Å²) in [5.74, 6) is 1.31. The number of carbonyl (C=O) groups is 3. The molecule has 3 aromatic rings. The van der Waals surface area contributed by atoms with E-state index in [1.807, 2.05) is 54.6 Å². The largest absolute Gasteiger partial charge is 0.492 e. The number of hydrogen-bond acceptors (Lipinski definition) is 7. The second-order valence-electron chi connectivity index (χ2n) is 11.3. The highest BCUT2D eigenvalue weighted by Gasteiger charge is 2.39. The molecule has 220 valence electrons. The van der Waals surface area contributed by atoms with Crippen molar-refractivity contribution in [3.8, 4) is 5.75 Å². The van der Waals surface area contributed by atoms with Crippen molar-refractivity contribution < 1.29 is 23.9 Å². The van der Waals surface area contributed by atoms with Gasteiger partial charge < -0.3 is 20.1 Å². The number of benzene rings is 3. The molecule has 2 fully saturated rings. The highest BCUT2D eigenvalue weighted by Crippen LogP contribution is 2.36. The summed E-state index contributed by atoms with van der Waals surface area (Å²) in [7, 11) is 1.36. The van der Waals surface area contributed by atoms with E-state index in [-0.39, 0.29) is 17.7 Å². The van der Waals surface area contributed by atoms with Crippen molar-refractivity contribution in [2.45, 2.75) is 57.0 Å². The normalized spacial score (nSPS) is 16.4. The summed E-state index contributed by atoms with van der Waals surface area (Å²) in [6.07, 6.45) is 7.06. The van der Waals surface area contributed by atoms with Gasteiger partial charge in [-0.05, 0) is 61.4 Å². The van der Waals surface area contributed by atoms with E-state index in [1.54, 1.807) is 24.3 Å². The molecule has 0 amide bonds. The van der Waals surface area contributed by atoms with Gasteiger partial charge >= 0.3 is 5.97 Å². The first-order chi connectivity index (χ1) is 20.5. The zero-order valence-corrected chi connectivity index (χ0v) is 24.2. The zero-order valence-electron chi connectivity index (χ0n) is 24.2. The summed E-state index contributed by atoms with van der Waals surface area (Å²) in [6.45, 7) is 1.09. The van der Waals surface area contributed by atoms with E-state index >= 15 is 0 Å². The number of methoxy groups -OCH3 is 1. The molecule has 0 heterocycles. The maximum absolute atomic E-state index is 13.2. The number of nitrogens with one attached hydrogen (secondary N) is 2. The van der Waals surface area contributed by atoms with Gasteiger partial charge in [0.25, 0.3) is 0 Å². The number of Topliss-reactive ketones (excluding diaryl/α,β-unsaturated/α-hetero) is 1. The van der Waals surface area contributed by atoms with Gasteiger partial charge in [0, 0.05) is 35.7 Å². The lowest BCUT2D eigenvalue weighted by Crippen LogP contribution is -2.43. The van der Waals surface area contributed by atoms with Crippen molar-refractivity contribution >= 4 is 23.2 Å². The number of ketones is 2. The third-order valence-electron chi connectivity index (χ3n) is 8.28. The predicted molar refractivity (Wildman–Crippen MR) is 163 cm³/mol. The van der Waals surface area contributed by atoms with Crippen LogP contribution in [0.5, 0.6) is 5.75 Å². The summed E-state index contributed by atoms with van der Waals surface area (Å²) >= 11 is 0. The average Bonchev–Trinajstić information content (AvgIpc) is 3.72. The molecule has 0 spiro atoms. The van der Waals surface area contributed by atoms with E-state index in [1.165, 1.54) is 20.0 Å². The molecular formula is C35H40N2O5. The van der Waals surface area contributed by atoms with Gasteiger partial charge in [-0.1, -0.05) is 67.4 Å². The van der Waals surface area contributed by atoms with E-state index in [0.717, 1.165) is 37.0 Å². The smallest absolute Gasteiger partial charge is 0.328 e. The molecule has 2 unspecified atom stereocenters. The number of carbonyl (C=O) groups excluding carboxylic acids is 3. The summed E-state index contributed by atoms with van der Waals surface area (Å²) in [6, 6.07) is 23.2. The lowest BCUT2D eigenvalue weighted by Gasteiger charge is -2.21. The Labute approximate surface area is 248 Å². The van der Waals surface area contributed by atoms with Crippen LogP contribution in [0.3, 0.4) is 0 Å². The van der Waals surface area contributed by atoms with Crippen LogP contribution in [0.4, 0.5) is 5.69 Å². The maximum atomic E-state index is 13.2. The quantitative estimate of drug-likeness (QED) is 0.140. The lowest BCUT2D eigenvalue weighted by molar-refractivity contribution is -0.141. The number of ether oxygens (including phenoxy) is 2. The first kappa shape index (κ1) is 29.5. The van der Waals surface area contributed by atoms with Gasteiger partial charge in [-0.25, -0.2) is 4.79 Å². The molecule has 0 aromatic heterocycles. The molecule has 2 aliphatic rings. The van der Waals surface area contributed by atoms with Crippen LogP contribution in [0, 0.1) is 11.8 Å². The highest BCUT2D eigenvalue weighted by atomic mass is 16.5. The number of hydrogen-bond donors (Lipinski definition) is 2. The van der Waals surface area contributed by atoms with Crippen molar-refractivity contribution in [2.75, 3.05) is 25.6 Å².